The second-order valence-electron chi connectivity index (χ2n) is 8.08. The van der Waals surface area contributed by atoms with E-state index < -0.39 is 40.8 Å². The van der Waals surface area contributed by atoms with E-state index in [-0.39, 0.29) is 6.42 Å². The van der Waals surface area contributed by atoms with Crippen LogP contribution in [0.1, 0.15) is 6.42 Å². The lowest BCUT2D eigenvalue weighted by atomic mass is 9.89. The molecule has 0 aromatic carbocycles. The predicted octanol–water partition coefficient (Wildman–Crippen LogP) is 2.21. The Morgan fingerprint density at radius 3 is 2.50 bits per heavy atom. The van der Waals surface area contributed by atoms with Crippen molar-refractivity contribution in [3.8, 4) is 22.6 Å². The molecule has 0 spiro atoms. The molecule has 0 aliphatic carbocycles. The van der Waals surface area contributed by atoms with Crippen LogP contribution in [-0.4, -0.2) is 71.9 Å². The van der Waals surface area contributed by atoms with Crippen molar-refractivity contribution in [1.29, 1.82) is 0 Å². The predicted molar refractivity (Wildman–Crippen MR) is 112 cm³/mol. The number of hydrogen-bond donors (Lipinski definition) is 0. The van der Waals surface area contributed by atoms with Gasteiger partial charge in [0.15, 0.2) is 0 Å². The maximum absolute atomic E-state index is 13.3. The molecule has 10 nitrogen and oxygen atoms in total. The fourth-order valence-electron chi connectivity index (χ4n) is 4.05. The van der Waals surface area contributed by atoms with Gasteiger partial charge in [0.2, 0.25) is 0 Å². The first kappa shape index (κ1) is 22.5. The molecule has 0 atom stereocenters. The van der Waals surface area contributed by atoms with E-state index in [1.165, 1.54) is 17.1 Å². The summed E-state index contributed by atoms with van der Waals surface area (Å²) in [7, 11) is -3.73. The highest BCUT2D eigenvalue weighted by Crippen LogP contribution is 2.39. The summed E-state index contributed by atoms with van der Waals surface area (Å²) in [6.45, 7) is -1.93. The Labute approximate surface area is 190 Å². The summed E-state index contributed by atoms with van der Waals surface area (Å²) in [6, 6.07) is 1.78. The van der Waals surface area contributed by atoms with Gasteiger partial charge >= 0.3 is 15.5 Å². The van der Waals surface area contributed by atoms with Gasteiger partial charge in [-0.2, -0.15) is 27.7 Å². The molecule has 0 saturated carbocycles. The number of imidazole rings is 1. The van der Waals surface area contributed by atoms with Gasteiger partial charge in [-0.05, 0) is 0 Å². The highest BCUT2D eigenvalue weighted by Gasteiger charge is 2.58. The Hall–Kier alpha value is -3.33. The van der Waals surface area contributed by atoms with E-state index in [0.29, 0.717) is 27.0 Å². The lowest BCUT2D eigenvalue weighted by Gasteiger charge is -2.48. The van der Waals surface area contributed by atoms with Crippen LogP contribution in [0.4, 0.5) is 17.6 Å². The molecular weight excluding hydrogens is 480 g/mol. The SMILES string of the molecule is Cn1cc(-c2cc3nccn3c(-c3cnn(C4(CCF)CN(S(=O)(=O)C(F)(F)F)C4)c3)n2)cn1. The largest absolute Gasteiger partial charge is 0.511 e. The summed E-state index contributed by atoms with van der Waals surface area (Å²) in [5, 5.41) is 8.39. The third-order valence-electron chi connectivity index (χ3n) is 5.85. The van der Waals surface area contributed by atoms with Crippen molar-refractivity contribution in [2.75, 3.05) is 19.8 Å². The van der Waals surface area contributed by atoms with Crippen LogP contribution in [0.5, 0.6) is 0 Å². The van der Waals surface area contributed by atoms with E-state index in [4.69, 9.17) is 0 Å². The minimum Gasteiger partial charge on any atom is -0.284 e. The van der Waals surface area contributed by atoms with E-state index in [1.54, 1.807) is 47.0 Å². The number of hydrogen-bond acceptors (Lipinski definition) is 6. The van der Waals surface area contributed by atoms with E-state index in [9.17, 15) is 26.0 Å². The quantitative estimate of drug-likeness (QED) is 0.378. The van der Waals surface area contributed by atoms with Crippen LogP contribution >= 0.6 is 0 Å². The van der Waals surface area contributed by atoms with Gasteiger partial charge in [0.25, 0.3) is 0 Å². The molecule has 4 aromatic rings. The van der Waals surface area contributed by atoms with Gasteiger partial charge in [-0.25, -0.2) is 18.4 Å². The fraction of sp³-hybridized carbons (Fsp3) is 0.368. The first-order valence-electron chi connectivity index (χ1n) is 10.1. The van der Waals surface area contributed by atoms with Gasteiger partial charge in [-0.1, -0.05) is 0 Å². The van der Waals surface area contributed by atoms with Crippen LogP contribution in [0, 0.1) is 0 Å². The molecule has 0 bridgehead atoms. The first-order valence-corrected chi connectivity index (χ1v) is 11.5. The number of halogens is 4. The smallest absolute Gasteiger partial charge is 0.284 e. The molecule has 0 unspecified atom stereocenters. The Morgan fingerprint density at radius 2 is 1.85 bits per heavy atom. The highest BCUT2D eigenvalue weighted by molar-refractivity contribution is 7.90. The Balaban J connectivity index is 1.52. The summed E-state index contributed by atoms with van der Waals surface area (Å²) in [6.07, 6.45) is 9.51. The third kappa shape index (κ3) is 3.46. The summed E-state index contributed by atoms with van der Waals surface area (Å²) < 4.78 is 80.5. The molecule has 1 aliphatic rings. The molecular formula is C19H18F4N8O2S. The number of aromatic nitrogens is 7. The van der Waals surface area contributed by atoms with Gasteiger partial charge in [-0.15, -0.1) is 0 Å². The number of aryl methyl sites for hydroxylation is 1. The maximum atomic E-state index is 13.3. The lowest BCUT2D eigenvalue weighted by Crippen LogP contribution is -2.66. The number of nitrogens with zero attached hydrogens (tertiary/aromatic N) is 8. The second kappa shape index (κ2) is 7.59. The molecule has 0 amide bonds. The number of fused-ring (bicyclic) bond motifs is 1. The number of alkyl halides is 4. The molecule has 0 radical (unpaired) electrons. The molecule has 1 aliphatic heterocycles. The van der Waals surface area contributed by atoms with Gasteiger partial charge in [-0.3, -0.25) is 18.2 Å². The molecule has 180 valence electrons. The van der Waals surface area contributed by atoms with E-state index in [0.717, 1.165) is 5.56 Å². The van der Waals surface area contributed by atoms with Crippen molar-refractivity contribution in [1.82, 2.24) is 38.2 Å². The van der Waals surface area contributed by atoms with Crippen molar-refractivity contribution >= 4 is 15.7 Å². The van der Waals surface area contributed by atoms with Crippen molar-refractivity contribution < 1.29 is 26.0 Å². The first-order chi connectivity index (χ1) is 16.0. The monoisotopic (exact) mass is 498 g/mol. The minimum atomic E-state index is -5.50. The summed E-state index contributed by atoms with van der Waals surface area (Å²) in [5.41, 5.74) is -4.21. The van der Waals surface area contributed by atoms with Crippen molar-refractivity contribution in [3.05, 3.63) is 43.2 Å². The fourth-order valence-corrected chi connectivity index (χ4v) is 5.16. The van der Waals surface area contributed by atoms with Crippen LogP contribution < -0.4 is 0 Å². The molecule has 15 heteroatoms. The number of sulfonamides is 1. The lowest BCUT2D eigenvalue weighted by molar-refractivity contribution is -0.0576. The zero-order valence-corrected chi connectivity index (χ0v) is 18.5. The molecule has 34 heavy (non-hydrogen) atoms. The third-order valence-corrected chi connectivity index (χ3v) is 7.37. The van der Waals surface area contributed by atoms with E-state index >= 15 is 0 Å². The van der Waals surface area contributed by atoms with Gasteiger partial charge in [0, 0.05) is 63.0 Å². The molecule has 5 rings (SSSR count). The molecule has 0 N–H and O–H groups in total. The Kier molecular flexibility index (Phi) is 5.02. The Bertz CT molecular complexity index is 1470. The van der Waals surface area contributed by atoms with Crippen LogP contribution in [-0.2, 0) is 22.6 Å². The van der Waals surface area contributed by atoms with Crippen LogP contribution in [0.3, 0.4) is 0 Å². The van der Waals surface area contributed by atoms with Crippen LogP contribution in [0.2, 0.25) is 0 Å². The van der Waals surface area contributed by atoms with Crippen LogP contribution in [0.15, 0.2) is 43.2 Å². The standard InChI is InChI=1S/C19H18F4N8O2S/c1-28-9-13(7-25-28)15-6-16-24-4-5-30(16)17(27-15)14-8-26-31(10-14)18(2-3-20)11-29(12-18)34(32,33)19(21,22)23/h4-10H,2-3,11-12H2,1H3. The molecule has 4 aromatic heterocycles. The zero-order chi connectivity index (χ0) is 24.3. The van der Waals surface area contributed by atoms with Gasteiger partial charge in [0.05, 0.1) is 35.9 Å². The van der Waals surface area contributed by atoms with E-state index in [1.807, 2.05) is 0 Å². The Morgan fingerprint density at radius 1 is 1.12 bits per heavy atom. The summed E-state index contributed by atoms with van der Waals surface area (Å²) in [5.74, 6) is 0.453. The van der Waals surface area contributed by atoms with Crippen molar-refractivity contribution in [3.63, 3.8) is 0 Å². The van der Waals surface area contributed by atoms with E-state index in [2.05, 4.69) is 20.2 Å². The molecule has 5 heterocycles. The minimum absolute atomic E-state index is 0.193. The average Bonchev–Trinajstić information content (AvgIpc) is 3.49. The van der Waals surface area contributed by atoms with Gasteiger partial charge < -0.3 is 0 Å². The normalized spacial score (nSPS) is 16.7. The van der Waals surface area contributed by atoms with Crippen molar-refractivity contribution in [2.24, 2.45) is 7.05 Å². The topological polar surface area (TPSA) is 103 Å². The van der Waals surface area contributed by atoms with Gasteiger partial charge in [0.1, 0.15) is 11.5 Å². The molecule has 1 fully saturated rings. The second-order valence-corrected chi connectivity index (χ2v) is 10.0. The summed E-state index contributed by atoms with van der Waals surface area (Å²) >= 11 is 0. The number of rotatable bonds is 6. The highest BCUT2D eigenvalue weighted by atomic mass is 32.2. The average molecular weight is 498 g/mol. The summed E-state index contributed by atoms with van der Waals surface area (Å²) in [4.78, 5) is 9.00. The van der Waals surface area contributed by atoms with Crippen molar-refractivity contribution in [2.45, 2.75) is 17.5 Å². The molecule has 1 saturated heterocycles. The van der Waals surface area contributed by atoms with Crippen LogP contribution in [0.25, 0.3) is 28.3 Å². The maximum Gasteiger partial charge on any atom is 0.511 e. The zero-order valence-electron chi connectivity index (χ0n) is 17.7.